The van der Waals surface area contributed by atoms with Crippen molar-refractivity contribution in [3.05, 3.63) is 22.4 Å². The molecule has 0 bridgehead atoms. The van der Waals surface area contributed by atoms with Crippen LogP contribution in [0.1, 0.15) is 4.88 Å². The quantitative estimate of drug-likeness (QED) is 0.707. The topological polar surface area (TPSA) is 81.4 Å². The van der Waals surface area contributed by atoms with E-state index in [0.717, 1.165) is 4.88 Å². The molecule has 0 radical (unpaired) electrons. The molecule has 0 fully saturated rings. The van der Waals surface area contributed by atoms with E-state index in [1.165, 1.54) is 18.4 Å². The zero-order valence-corrected chi connectivity index (χ0v) is 9.75. The average Bonchev–Trinajstić information content (AvgIpc) is 2.77. The summed E-state index contributed by atoms with van der Waals surface area (Å²) in [7, 11) is 1.26. The Morgan fingerprint density at radius 3 is 2.88 bits per heavy atom. The number of rotatable bonds is 5. The molecule has 6 heteroatoms. The highest BCUT2D eigenvalue weighted by molar-refractivity contribution is 7.10. The summed E-state index contributed by atoms with van der Waals surface area (Å²) in [6.45, 7) is 0.0306. The zero-order chi connectivity index (χ0) is 12.0. The average molecular weight is 242 g/mol. The Balaban J connectivity index is 2.46. The van der Waals surface area contributed by atoms with Crippen LogP contribution in [0.3, 0.4) is 0 Å². The van der Waals surface area contributed by atoms with Crippen molar-refractivity contribution >= 4 is 23.2 Å². The summed E-state index contributed by atoms with van der Waals surface area (Å²) >= 11 is 1.49. The molecule has 1 unspecified atom stereocenters. The second-order valence-corrected chi connectivity index (χ2v) is 4.17. The van der Waals surface area contributed by atoms with Crippen molar-refractivity contribution in [2.75, 3.05) is 13.7 Å². The summed E-state index contributed by atoms with van der Waals surface area (Å²) in [6, 6.07) is 2.96. The van der Waals surface area contributed by atoms with Crippen molar-refractivity contribution in [2.24, 2.45) is 5.73 Å². The fraction of sp³-hybridized carbons (Fsp3) is 0.400. The lowest BCUT2D eigenvalue weighted by Crippen LogP contribution is -2.46. The number of esters is 1. The van der Waals surface area contributed by atoms with Crippen molar-refractivity contribution in [1.29, 1.82) is 0 Å². The maximum absolute atomic E-state index is 11.5. The van der Waals surface area contributed by atoms with Gasteiger partial charge in [-0.15, -0.1) is 11.3 Å². The largest absolute Gasteiger partial charge is 0.467 e. The molecule has 0 saturated carbocycles. The highest BCUT2D eigenvalue weighted by Crippen LogP contribution is 2.08. The Bertz CT molecular complexity index is 351. The number of carbonyl (C=O) groups is 2. The highest BCUT2D eigenvalue weighted by atomic mass is 32.1. The van der Waals surface area contributed by atoms with E-state index in [2.05, 4.69) is 10.1 Å². The Hall–Kier alpha value is -1.40. The van der Waals surface area contributed by atoms with Crippen molar-refractivity contribution in [2.45, 2.75) is 12.5 Å². The fourth-order valence-electron chi connectivity index (χ4n) is 1.17. The summed E-state index contributed by atoms with van der Waals surface area (Å²) in [5.74, 6) is -0.759. The molecule has 1 heterocycles. The van der Waals surface area contributed by atoms with Crippen molar-refractivity contribution < 1.29 is 14.3 Å². The number of amides is 1. The normalized spacial score (nSPS) is 11.9. The first-order chi connectivity index (χ1) is 7.67. The van der Waals surface area contributed by atoms with E-state index >= 15 is 0 Å². The maximum Gasteiger partial charge on any atom is 0.329 e. The number of ether oxygens (including phenoxy) is 1. The minimum atomic E-state index is -0.766. The van der Waals surface area contributed by atoms with Crippen molar-refractivity contribution in [1.82, 2.24) is 5.32 Å². The second-order valence-electron chi connectivity index (χ2n) is 3.14. The van der Waals surface area contributed by atoms with Crippen LogP contribution in [0.5, 0.6) is 0 Å². The lowest BCUT2D eigenvalue weighted by atomic mass is 10.2. The van der Waals surface area contributed by atoms with Crippen molar-refractivity contribution in [3.8, 4) is 0 Å². The third kappa shape index (κ3) is 3.63. The first kappa shape index (κ1) is 12.7. The van der Waals surface area contributed by atoms with E-state index in [1.807, 2.05) is 17.5 Å². The van der Waals surface area contributed by atoms with Gasteiger partial charge in [-0.1, -0.05) is 6.07 Å². The molecule has 0 saturated heterocycles. The molecule has 1 atom stereocenters. The van der Waals surface area contributed by atoms with Gasteiger partial charge in [-0.25, -0.2) is 4.79 Å². The van der Waals surface area contributed by atoms with Gasteiger partial charge < -0.3 is 15.8 Å². The Morgan fingerprint density at radius 2 is 2.38 bits per heavy atom. The van der Waals surface area contributed by atoms with Crippen LogP contribution in [-0.2, 0) is 20.7 Å². The van der Waals surface area contributed by atoms with Crippen LogP contribution in [0, 0.1) is 0 Å². The highest BCUT2D eigenvalue weighted by Gasteiger charge is 2.19. The Kier molecular flexibility index (Phi) is 4.94. The molecule has 0 aliphatic carbocycles. The molecule has 88 valence electrons. The van der Waals surface area contributed by atoms with Crippen LogP contribution in [0.15, 0.2) is 17.5 Å². The molecular formula is C10H14N2O3S. The fourth-order valence-corrected chi connectivity index (χ4v) is 1.88. The summed E-state index contributed by atoms with van der Waals surface area (Å²) in [4.78, 5) is 23.6. The van der Waals surface area contributed by atoms with Gasteiger partial charge in [-0.2, -0.15) is 0 Å². The zero-order valence-electron chi connectivity index (χ0n) is 8.93. The molecule has 3 N–H and O–H groups in total. The molecule has 0 aromatic carbocycles. The van der Waals surface area contributed by atoms with E-state index in [0.29, 0.717) is 0 Å². The smallest absolute Gasteiger partial charge is 0.329 e. The van der Waals surface area contributed by atoms with Gasteiger partial charge in [0.15, 0.2) is 0 Å². The second kappa shape index (κ2) is 6.24. The van der Waals surface area contributed by atoms with Gasteiger partial charge >= 0.3 is 5.97 Å². The SMILES string of the molecule is COC(=O)C(CN)NC(=O)Cc1cccs1. The Morgan fingerprint density at radius 1 is 1.62 bits per heavy atom. The van der Waals surface area contributed by atoms with E-state index in [4.69, 9.17) is 5.73 Å². The van der Waals surface area contributed by atoms with Crippen LogP contribution < -0.4 is 11.1 Å². The summed E-state index contributed by atoms with van der Waals surface area (Å²) in [5, 5.41) is 4.42. The predicted octanol–water partition coefficient (Wildman–Crippen LogP) is -0.0929. The number of carbonyl (C=O) groups excluding carboxylic acids is 2. The Labute approximate surface area is 97.6 Å². The van der Waals surface area contributed by atoms with Crippen LogP contribution in [-0.4, -0.2) is 31.6 Å². The van der Waals surface area contributed by atoms with Gasteiger partial charge in [0.05, 0.1) is 13.5 Å². The van der Waals surface area contributed by atoms with E-state index < -0.39 is 12.0 Å². The third-order valence-corrected chi connectivity index (χ3v) is 2.85. The van der Waals surface area contributed by atoms with Crippen LogP contribution in [0.4, 0.5) is 0 Å². The molecule has 0 aliphatic heterocycles. The van der Waals surface area contributed by atoms with Crippen LogP contribution in [0.25, 0.3) is 0 Å². The monoisotopic (exact) mass is 242 g/mol. The molecule has 16 heavy (non-hydrogen) atoms. The molecular weight excluding hydrogens is 228 g/mol. The third-order valence-electron chi connectivity index (χ3n) is 1.97. The minimum absolute atomic E-state index is 0.0306. The number of methoxy groups -OCH3 is 1. The van der Waals surface area contributed by atoms with Crippen LogP contribution in [0.2, 0.25) is 0 Å². The number of hydrogen-bond acceptors (Lipinski definition) is 5. The molecule has 1 aromatic rings. The first-order valence-corrected chi connectivity index (χ1v) is 5.65. The summed E-state index contributed by atoms with van der Waals surface area (Å²) in [6.07, 6.45) is 0.255. The molecule has 1 rings (SSSR count). The van der Waals surface area contributed by atoms with Gasteiger partial charge in [0.25, 0.3) is 0 Å². The number of nitrogens with one attached hydrogen (secondary N) is 1. The van der Waals surface area contributed by atoms with E-state index in [9.17, 15) is 9.59 Å². The predicted molar refractivity (Wildman–Crippen MR) is 61.0 cm³/mol. The lowest BCUT2D eigenvalue weighted by Gasteiger charge is -2.13. The van der Waals surface area contributed by atoms with E-state index in [-0.39, 0.29) is 18.9 Å². The maximum atomic E-state index is 11.5. The minimum Gasteiger partial charge on any atom is -0.467 e. The van der Waals surface area contributed by atoms with Gasteiger partial charge in [0, 0.05) is 11.4 Å². The molecule has 1 aromatic heterocycles. The molecule has 0 aliphatic rings. The van der Waals surface area contributed by atoms with E-state index in [1.54, 1.807) is 0 Å². The van der Waals surface area contributed by atoms with Gasteiger partial charge in [-0.05, 0) is 11.4 Å². The number of thiophene rings is 1. The molecule has 1 amide bonds. The summed E-state index contributed by atoms with van der Waals surface area (Å²) < 4.78 is 4.51. The lowest BCUT2D eigenvalue weighted by molar-refractivity contribution is -0.144. The van der Waals surface area contributed by atoms with Gasteiger partial charge in [-0.3, -0.25) is 4.79 Å². The van der Waals surface area contributed by atoms with Gasteiger partial charge in [0.1, 0.15) is 6.04 Å². The van der Waals surface area contributed by atoms with Gasteiger partial charge in [0.2, 0.25) is 5.91 Å². The standard InChI is InChI=1S/C10H14N2O3S/c1-15-10(14)8(6-11)12-9(13)5-7-3-2-4-16-7/h2-4,8H,5-6,11H2,1H3,(H,12,13). The first-order valence-electron chi connectivity index (χ1n) is 4.77. The van der Waals surface area contributed by atoms with Crippen LogP contribution >= 0.6 is 11.3 Å². The number of nitrogens with two attached hydrogens (primary N) is 1. The molecule has 5 nitrogen and oxygen atoms in total. The molecule has 0 spiro atoms. The summed E-state index contributed by atoms with van der Waals surface area (Å²) in [5.41, 5.74) is 5.36. The number of hydrogen-bond donors (Lipinski definition) is 2. The van der Waals surface area contributed by atoms with Crippen molar-refractivity contribution in [3.63, 3.8) is 0 Å².